The summed E-state index contributed by atoms with van der Waals surface area (Å²) in [5.74, 6) is -0.760. The predicted molar refractivity (Wildman–Crippen MR) is 132 cm³/mol. The summed E-state index contributed by atoms with van der Waals surface area (Å²) >= 11 is 0. The van der Waals surface area contributed by atoms with Crippen LogP contribution in [0.5, 0.6) is 0 Å². The second-order valence-electron chi connectivity index (χ2n) is 9.53. The third-order valence-corrected chi connectivity index (χ3v) is 6.24. The van der Waals surface area contributed by atoms with Crippen molar-refractivity contribution < 1.29 is 18.0 Å². The van der Waals surface area contributed by atoms with Gasteiger partial charge in [-0.25, -0.2) is 8.42 Å². The highest BCUT2D eigenvalue weighted by Crippen LogP contribution is 2.20. The Labute approximate surface area is 197 Å². The highest BCUT2D eigenvalue weighted by atomic mass is 32.2. The minimum Gasteiger partial charge on any atom is -0.350 e. The van der Waals surface area contributed by atoms with E-state index in [0.29, 0.717) is 5.69 Å². The van der Waals surface area contributed by atoms with Crippen molar-refractivity contribution in [3.63, 3.8) is 0 Å². The zero-order valence-electron chi connectivity index (χ0n) is 20.5. The quantitative estimate of drug-likeness (QED) is 0.637. The molecule has 0 aromatic heterocycles. The Kier molecular flexibility index (Phi) is 8.30. The molecule has 2 amide bonds. The first kappa shape index (κ1) is 26.4. The summed E-state index contributed by atoms with van der Waals surface area (Å²) in [6, 6.07) is 13.8. The number of rotatable bonds is 8. The van der Waals surface area contributed by atoms with E-state index in [-0.39, 0.29) is 12.5 Å². The summed E-state index contributed by atoms with van der Waals surface area (Å²) in [4.78, 5) is 27.8. The van der Waals surface area contributed by atoms with Crippen molar-refractivity contribution in [1.82, 2.24) is 10.2 Å². The molecule has 2 aromatic carbocycles. The summed E-state index contributed by atoms with van der Waals surface area (Å²) < 4.78 is 26.2. The Balaban J connectivity index is 2.39. The van der Waals surface area contributed by atoms with Crippen LogP contribution in [0.4, 0.5) is 5.69 Å². The highest BCUT2D eigenvalue weighted by Gasteiger charge is 2.31. The van der Waals surface area contributed by atoms with Crippen molar-refractivity contribution in [2.24, 2.45) is 0 Å². The van der Waals surface area contributed by atoms with Crippen molar-refractivity contribution in [3.05, 3.63) is 65.2 Å². The minimum atomic E-state index is -3.73. The molecule has 2 rings (SSSR count). The first-order valence-corrected chi connectivity index (χ1v) is 12.7. The fourth-order valence-corrected chi connectivity index (χ4v) is 4.24. The van der Waals surface area contributed by atoms with Crippen molar-refractivity contribution in [3.8, 4) is 0 Å². The molecule has 8 heteroatoms. The molecule has 0 aliphatic carbocycles. The van der Waals surface area contributed by atoms with Gasteiger partial charge in [0.25, 0.3) is 0 Å². The van der Waals surface area contributed by atoms with Gasteiger partial charge in [0.2, 0.25) is 21.8 Å². The van der Waals surface area contributed by atoms with Crippen LogP contribution in [0.15, 0.2) is 48.5 Å². The molecule has 33 heavy (non-hydrogen) atoms. The van der Waals surface area contributed by atoms with E-state index in [2.05, 4.69) is 5.32 Å². The van der Waals surface area contributed by atoms with E-state index in [9.17, 15) is 18.0 Å². The average Bonchev–Trinajstić information content (AvgIpc) is 2.68. The van der Waals surface area contributed by atoms with Gasteiger partial charge in [-0.1, -0.05) is 47.5 Å². The lowest BCUT2D eigenvalue weighted by molar-refractivity contribution is -0.140. The maximum absolute atomic E-state index is 13.5. The number of hydrogen-bond acceptors (Lipinski definition) is 4. The molecule has 1 atom stereocenters. The molecule has 0 heterocycles. The normalized spacial score (nSPS) is 12.7. The third kappa shape index (κ3) is 7.89. The van der Waals surface area contributed by atoms with Crippen LogP contribution in [0.1, 0.15) is 44.4 Å². The van der Waals surface area contributed by atoms with Gasteiger partial charge in [0, 0.05) is 12.1 Å². The molecule has 0 aliphatic heterocycles. The van der Waals surface area contributed by atoms with Gasteiger partial charge in [0.1, 0.15) is 12.6 Å². The molecule has 0 saturated carbocycles. The zero-order chi connectivity index (χ0) is 25.0. The van der Waals surface area contributed by atoms with Crippen LogP contribution in [0.2, 0.25) is 0 Å². The molecular formula is C25H35N3O4S. The molecule has 2 aromatic rings. The van der Waals surface area contributed by atoms with Gasteiger partial charge in [0.15, 0.2) is 0 Å². The van der Waals surface area contributed by atoms with Crippen LogP contribution in [-0.4, -0.2) is 49.5 Å². The first-order chi connectivity index (χ1) is 15.2. The topological polar surface area (TPSA) is 86.8 Å². The Morgan fingerprint density at radius 2 is 1.61 bits per heavy atom. The Morgan fingerprint density at radius 3 is 2.12 bits per heavy atom. The predicted octanol–water partition coefficient (Wildman–Crippen LogP) is 3.40. The van der Waals surface area contributed by atoms with Gasteiger partial charge >= 0.3 is 0 Å². The van der Waals surface area contributed by atoms with E-state index in [1.165, 1.54) is 4.90 Å². The number of hydrogen-bond donors (Lipinski definition) is 1. The van der Waals surface area contributed by atoms with Gasteiger partial charge in [-0.05, 0) is 59.2 Å². The average molecular weight is 474 g/mol. The molecule has 0 spiro atoms. The van der Waals surface area contributed by atoms with Crippen LogP contribution in [0.25, 0.3) is 0 Å². The summed E-state index contributed by atoms with van der Waals surface area (Å²) in [5, 5.41) is 2.91. The molecule has 0 saturated heterocycles. The van der Waals surface area contributed by atoms with Gasteiger partial charge in [-0.2, -0.15) is 0 Å². The molecule has 0 unspecified atom stereocenters. The fourth-order valence-electron chi connectivity index (χ4n) is 3.39. The maximum atomic E-state index is 13.5. The standard InChI is InChI=1S/C25H35N3O4S/c1-18-11-13-22(14-12-18)28(33(7,31)32)17-23(29)27(16-21-10-8-9-19(2)15-21)20(3)24(30)26-25(4,5)6/h8-15,20H,16-17H2,1-7H3,(H,26,30)/t20-/m0/s1. The van der Waals surface area contributed by atoms with E-state index < -0.39 is 34.1 Å². The molecule has 180 valence electrons. The van der Waals surface area contributed by atoms with E-state index in [4.69, 9.17) is 0 Å². The lowest BCUT2D eigenvalue weighted by Crippen LogP contribution is -2.54. The second-order valence-corrected chi connectivity index (χ2v) is 11.4. The summed E-state index contributed by atoms with van der Waals surface area (Å²) in [6.45, 7) is 10.9. The van der Waals surface area contributed by atoms with Crippen molar-refractivity contribution in [1.29, 1.82) is 0 Å². The molecule has 0 aliphatic rings. The number of carbonyl (C=O) groups is 2. The zero-order valence-corrected chi connectivity index (χ0v) is 21.4. The molecule has 0 bridgehead atoms. The maximum Gasteiger partial charge on any atom is 0.244 e. The van der Waals surface area contributed by atoms with Gasteiger partial charge in [-0.3, -0.25) is 13.9 Å². The van der Waals surface area contributed by atoms with Gasteiger partial charge in [0.05, 0.1) is 11.9 Å². The smallest absolute Gasteiger partial charge is 0.244 e. The molecular weight excluding hydrogens is 438 g/mol. The number of amides is 2. The number of nitrogens with one attached hydrogen (secondary N) is 1. The highest BCUT2D eigenvalue weighted by molar-refractivity contribution is 7.92. The summed E-state index contributed by atoms with van der Waals surface area (Å²) in [7, 11) is -3.73. The monoisotopic (exact) mass is 473 g/mol. The summed E-state index contributed by atoms with van der Waals surface area (Å²) in [6.07, 6.45) is 1.07. The number of carbonyl (C=O) groups excluding carboxylic acids is 2. The number of nitrogens with zero attached hydrogens (tertiary/aromatic N) is 2. The van der Waals surface area contributed by atoms with Crippen molar-refractivity contribution >= 4 is 27.5 Å². The number of sulfonamides is 1. The van der Waals surface area contributed by atoms with E-state index >= 15 is 0 Å². The minimum absolute atomic E-state index is 0.185. The molecule has 0 fully saturated rings. The molecule has 0 radical (unpaired) electrons. The van der Waals surface area contributed by atoms with E-state index in [0.717, 1.165) is 27.3 Å². The van der Waals surface area contributed by atoms with Crippen LogP contribution >= 0.6 is 0 Å². The van der Waals surface area contributed by atoms with Gasteiger partial charge in [-0.15, -0.1) is 0 Å². The Hall–Kier alpha value is -2.87. The number of aryl methyl sites for hydroxylation is 2. The van der Waals surface area contributed by atoms with Crippen LogP contribution in [0.3, 0.4) is 0 Å². The lowest BCUT2D eigenvalue weighted by Gasteiger charge is -2.33. The van der Waals surface area contributed by atoms with Crippen molar-refractivity contribution in [2.75, 3.05) is 17.1 Å². The third-order valence-electron chi connectivity index (χ3n) is 5.10. The van der Waals surface area contributed by atoms with E-state index in [1.807, 2.05) is 58.9 Å². The van der Waals surface area contributed by atoms with Gasteiger partial charge < -0.3 is 10.2 Å². The number of anilines is 1. The lowest BCUT2D eigenvalue weighted by atomic mass is 10.1. The van der Waals surface area contributed by atoms with Crippen molar-refractivity contribution in [2.45, 2.75) is 59.7 Å². The number of benzene rings is 2. The summed E-state index contributed by atoms with van der Waals surface area (Å²) in [5.41, 5.74) is 2.80. The SMILES string of the molecule is Cc1ccc(N(CC(=O)N(Cc2cccc(C)c2)[C@@H](C)C(=O)NC(C)(C)C)S(C)(=O)=O)cc1. The van der Waals surface area contributed by atoms with E-state index in [1.54, 1.807) is 31.2 Å². The fraction of sp³-hybridized carbons (Fsp3) is 0.440. The Bertz CT molecular complexity index is 1090. The Morgan fingerprint density at radius 1 is 1.00 bits per heavy atom. The van der Waals surface area contributed by atoms with Crippen LogP contribution in [-0.2, 0) is 26.2 Å². The van der Waals surface area contributed by atoms with Crippen LogP contribution < -0.4 is 9.62 Å². The first-order valence-electron chi connectivity index (χ1n) is 10.9. The molecule has 1 N–H and O–H groups in total. The molecule has 7 nitrogen and oxygen atoms in total. The largest absolute Gasteiger partial charge is 0.350 e. The second kappa shape index (κ2) is 10.4. The van der Waals surface area contributed by atoms with Crippen LogP contribution in [0, 0.1) is 13.8 Å².